The summed E-state index contributed by atoms with van der Waals surface area (Å²) < 4.78 is 18.7. The van der Waals surface area contributed by atoms with E-state index >= 15 is 0 Å². The molecule has 158 valence electrons. The molecule has 0 radical (unpaired) electrons. The zero-order chi connectivity index (χ0) is 20.9. The third-order valence-electron chi connectivity index (χ3n) is 3.64. The number of para-hydroxylation sites is 2. The molecule has 0 aromatic heterocycles. The van der Waals surface area contributed by atoms with Gasteiger partial charge < -0.3 is 14.2 Å². The summed E-state index contributed by atoms with van der Waals surface area (Å²) in [7, 11) is 3.07. The van der Waals surface area contributed by atoms with E-state index in [1.807, 2.05) is 13.8 Å². The molecular weight excluding hydrogens is 380 g/mol. The molecule has 0 fully saturated rings. The van der Waals surface area contributed by atoms with E-state index in [1.165, 1.54) is 28.5 Å². The predicted octanol–water partition coefficient (Wildman–Crippen LogP) is 5.51. The van der Waals surface area contributed by atoms with Gasteiger partial charge in [0.2, 0.25) is 0 Å². The Morgan fingerprint density at radius 3 is 2.21 bits per heavy atom. The number of amides is 2. The number of rotatable bonds is 11. The summed E-state index contributed by atoms with van der Waals surface area (Å²) in [4.78, 5) is 24.3. The second-order valence-corrected chi connectivity index (χ2v) is 7.85. The van der Waals surface area contributed by atoms with Crippen LogP contribution in [0.2, 0.25) is 0 Å². The van der Waals surface area contributed by atoms with E-state index in [2.05, 4.69) is 6.92 Å². The minimum Gasteiger partial charge on any atom is -0.487 e. The zero-order valence-electron chi connectivity index (χ0n) is 17.5. The Kier molecular flexibility index (Phi) is 11.2. The molecule has 1 rings (SSSR count). The first-order valence-corrected chi connectivity index (χ1v) is 10.4. The van der Waals surface area contributed by atoms with Crippen LogP contribution in [0, 0.1) is 0 Å². The number of nitrogens with zero attached hydrogens (tertiary/aromatic N) is 2. The Bertz CT molecular complexity index is 612. The topological polar surface area (TPSA) is 68.3 Å². The summed E-state index contributed by atoms with van der Waals surface area (Å²) in [5.74, 6) is 0.811. The van der Waals surface area contributed by atoms with Crippen LogP contribution < -0.4 is 9.47 Å². The minimum atomic E-state index is -0.621. The lowest BCUT2D eigenvalue weighted by atomic mass is 10.2. The third-order valence-corrected chi connectivity index (χ3v) is 4.43. The quantitative estimate of drug-likeness (QED) is 0.353. The predicted molar refractivity (Wildman–Crippen MR) is 111 cm³/mol. The molecule has 0 aliphatic carbocycles. The van der Waals surface area contributed by atoms with Crippen molar-refractivity contribution in [2.24, 2.45) is 0 Å². The molecule has 0 atom stereocenters. The van der Waals surface area contributed by atoms with Gasteiger partial charge in [0.15, 0.2) is 11.5 Å². The fraction of sp³-hybridized carbons (Fsp3) is 0.600. The lowest BCUT2D eigenvalue weighted by molar-refractivity contribution is 0.129. The van der Waals surface area contributed by atoms with Gasteiger partial charge >= 0.3 is 12.2 Å². The summed E-state index contributed by atoms with van der Waals surface area (Å²) in [5, 5.41) is 0. The number of unbranched alkanes of at least 4 members (excludes halogenated alkanes) is 4. The summed E-state index contributed by atoms with van der Waals surface area (Å²) >= 11 is 0.903. The van der Waals surface area contributed by atoms with Crippen molar-refractivity contribution < 1.29 is 23.8 Å². The van der Waals surface area contributed by atoms with E-state index in [0.717, 1.165) is 31.4 Å². The maximum Gasteiger partial charge on any atom is 0.426 e. The highest BCUT2D eigenvalue weighted by molar-refractivity contribution is 7.95. The van der Waals surface area contributed by atoms with Crippen molar-refractivity contribution in [2.45, 2.75) is 59.0 Å². The van der Waals surface area contributed by atoms with Crippen molar-refractivity contribution >= 4 is 24.3 Å². The summed E-state index contributed by atoms with van der Waals surface area (Å²) in [6.45, 7) is 6.32. The number of hydrogen-bond acceptors (Lipinski definition) is 6. The average molecular weight is 413 g/mol. The number of benzene rings is 1. The molecule has 0 aliphatic rings. The van der Waals surface area contributed by atoms with Crippen molar-refractivity contribution in [2.75, 3.05) is 20.7 Å². The Hall–Kier alpha value is -2.09. The molecule has 1 aromatic rings. The van der Waals surface area contributed by atoms with E-state index in [1.54, 1.807) is 31.3 Å². The number of carbonyl (C=O) groups excluding carboxylic acids is 2. The standard InChI is InChI=1S/C20H32N2O5S/c1-6-7-8-9-12-15-25-19(23)21(4)28-22(5)20(24)27-18-14-11-10-13-17(18)26-16(2)3/h10-11,13-14,16H,6-9,12,15H2,1-5H3. The molecule has 0 N–H and O–H groups in total. The Balaban J connectivity index is 2.44. The first kappa shape index (κ1) is 23.9. The van der Waals surface area contributed by atoms with Crippen LogP contribution in [0.25, 0.3) is 0 Å². The highest BCUT2D eigenvalue weighted by atomic mass is 32.2. The van der Waals surface area contributed by atoms with Gasteiger partial charge in [-0.1, -0.05) is 44.7 Å². The largest absolute Gasteiger partial charge is 0.487 e. The smallest absolute Gasteiger partial charge is 0.426 e. The highest BCUT2D eigenvalue weighted by Gasteiger charge is 2.20. The van der Waals surface area contributed by atoms with Crippen LogP contribution in [0.5, 0.6) is 11.5 Å². The lowest BCUT2D eigenvalue weighted by Gasteiger charge is -2.22. The lowest BCUT2D eigenvalue weighted by Crippen LogP contribution is -2.31. The molecule has 1 aromatic carbocycles. The van der Waals surface area contributed by atoms with Gasteiger partial charge in [0, 0.05) is 14.1 Å². The molecule has 0 spiro atoms. The van der Waals surface area contributed by atoms with Crippen LogP contribution in [-0.2, 0) is 4.74 Å². The van der Waals surface area contributed by atoms with Gasteiger partial charge in [-0.05, 0) is 32.4 Å². The van der Waals surface area contributed by atoms with Crippen LogP contribution in [0.15, 0.2) is 24.3 Å². The van der Waals surface area contributed by atoms with E-state index < -0.39 is 12.2 Å². The maximum absolute atomic E-state index is 12.3. The SMILES string of the molecule is CCCCCCCOC(=O)N(C)SN(C)C(=O)Oc1ccccc1OC(C)C. The Morgan fingerprint density at radius 2 is 1.57 bits per heavy atom. The average Bonchev–Trinajstić information content (AvgIpc) is 2.65. The Morgan fingerprint density at radius 1 is 0.964 bits per heavy atom. The van der Waals surface area contributed by atoms with E-state index in [-0.39, 0.29) is 6.10 Å². The third kappa shape index (κ3) is 9.21. The van der Waals surface area contributed by atoms with Gasteiger partial charge in [0.1, 0.15) is 0 Å². The van der Waals surface area contributed by atoms with Gasteiger partial charge in [-0.2, -0.15) is 0 Å². The molecule has 8 heteroatoms. The van der Waals surface area contributed by atoms with Gasteiger partial charge in [-0.25, -0.2) is 18.2 Å². The summed E-state index contributed by atoms with van der Waals surface area (Å²) in [5.41, 5.74) is 0. The van der Waals surface area contributed by atoms with E-state index in [9.17, 15) is 9.59 Å². The number of hydrogen-bond donors (Lipinski definition) is 0. The zero-order valence-corrected chi connectivity index (χ0v) is 18.3. The molecule has 0 saturated carbocycles. The maximum atomic E-state index is 12.3. The summed E-state index contributed by atoms with van der Waals surface area (Å²) in [6, 6.07) is 6.96. The van der Waals surface area contributed by atoms with Crippen LogP contribution in [0.3, 0.4) is 0 Å². The van der Waals surface area contributed by atoms with Gasteiger partial charge in [0.25, 0.3) is 0 Å². The molecule has 0 saturated heterocycles. The van der Waals surface area contributed by atoms with Gasteiger partial charge in [-0.3, -0.25) is 0 Å². The summed E-state index contributed by atoms with van der Waals surface area (Å²) in [6.07, 6.45) is 4.24. The fourth-order valence-corrected chi connectivity index (χ4v) is 2.84. The van der Waals surface area contributed by atoms with E-state index in [4.69, 9.17) is 14.2 Å². The second kappa shape index (κ2) is 13.1. The van der Waals surface area contributed by atoms with Crippen LogP contribution in [0.1, 0.15) is 52.9 Å². The molecule has 7 nitrogen and oxygen atoms in total. The van der Waals surface area contributed by atoms with Gasteiger partial charge in [0.05, 0.1) is 24.8 Å². The Labute approximate surface area is 172 Å². The number of ether oxygens (including phenoxy) is 3. The first-order valence-electron chi connectivity index (χ1n) is 9.65. The number of carbonyl (C=O) groups is 2. The molecule has 0 aliphatic heterocycles. The van der Waals surface area contributed by atoms with Gasteiger partial charge in [-0.15, -0.1) is 0 Å². The van der Waals surface area contributed by atoms with Crippen molar-refractivity contribution in [1.29, 1.82) is 0 Å². The van der Waals surface area contributed by atoms with Crippen molar-refractivity contribution in [3.8, 4) is 11.5 Å². The highest BCUT2D eigenvalue weighted by Crippen LogP contribution is 2.28. The van der Waals surface area contributed by atoms with Crippen molar-refractivity contribution in [1.82, 2.24) is 8.61 Å². The molecular formula is C20H32N2O5S. The van der Waals surface area contributed by atoms with Crippen molar-refractivity contribution in [3.63, 3.8) is 0 Å². The van der Waals surface area contributed by atoms with E-state index in [0.29, 0.717) is 18.1 Å². The molecule has 0 unspecified atom stereocenters. The minimum absolute atomic E-state index is 0.0465. The van der Waals surface area contributed by atoms with Crippen LogP contribution in [0.4, 0.5) is 9.59 Å². The normalized spacial score (nSPS) is 10.5. The first-order chi connectivity index (χ1) is 13.3. The van der Waals surface area contributed by atoms with Crippen molar-refractivity contribution in [3.05, 3.63) is 24.3 Å². The molecule has 0 bridgehead atoms. The molecule has 28 heavy (non-hydrogen) atoms. The second-order valence-electron chi connectivity index (χ2n) is 6.59. The fourth-order valence-electron chi connectivity index (χ4n) is 2.25. The monoisotopic (exact) mass is 412 g/mol. The molecule has 0 heterocycles. The molecule has 2 amide bonds. The van der Waals surface area contributed by atoms with Crippen LogP contribution >= 0.6 is 12.1 Å². The van der Waals surface area contributed by atoms with Crippen LogP contribution in [-0.4, -0.2) is 47.6 Å².